The van der Waals surface area contributed by atoms with Gasteiger partial charge in [-0.2, -0.15) is 0 Å². The molecule has 0 N–H and O–H groups in total. The van der Waals surface area contributed by atoms with Crippen LogP contribution in [0.25, 0.3) is 0 Å². The Morgan fingerprint density at radius 2 is 1.26 bits per heavy atom. The largest absolute Gasteiger partial charge is 0.207 e. The Morgan fingerprint density at radius 3 is 1.78 bits per heavy atom. The predicted molar refractivity (Wildman–Crippen MR) is 115 cm³/mol. The zero-order chi connectivity index (χ0) is 19.8. The first-order chi connectivity index (χ1) is 12.6. The minimum Gasteiger partial charge on any atom is -0.207 e. The minimum absolute atomic E-state index is 0.0538. The van der Waals surface area contributed by atoms with Crippen molar-refractivity contribution in [2.45, 2.75) is 98.3 Å². The van der Waals surface area contributed by atoms with Gasteiger partial charge in [-0.3, -0.25) is 0 Å². The van der Waals surface area contributed by atoms with Crippen LogP contribution in [0.2, 0.25) is 0 Å². The molecule has 0 spiro atoms. The van der Waals surface area contributed by atoms with Crippen molar-refractivity contribution in [1.29, 1.82) is 0 Å². The number of hydrogen-bond acceptors (Lipinski definition) is 0. The predicted octanol–water partition coefficient (Wildman–Crippen LogP) is 8.07. The van der Waals surface area contributed by atoms with E-state index in [4.69, 9.17) is 0 Å². The molecule has 1 aromatic rings. The third kappa shape index (κ3) is 4.28. The monoisotopic (exact) mass is 372 g/mol. The summed E-state index contributed by atoms with van der Waals surface area (Å²) in [6, 6.07) is 5.89. The average molecular weight is 373 g/mol. The summed E-state index contributed by atoms with van der Waals surface area (Å²) in [6.45, 7) is 14.0. The Bertz CT molecular complexity index is 626. The van der Waals surface area contributed by atoms with E-state index in [1.165, 1.54) is 56.9 Å². The molecule has 2 aliphatic carbocycles. The normalized spacial score (nSPS) is 30.3. The highest BCUT2D eigenvalue weighted by molar-refractivity contribution is 5.29. The maximum atomic E-state index is 14.1. The molecule has 0 amide bonds. The van der Waals surface area contributed by atoms with E-state index in [1.54, 1.807) is 6.07 Å². The van der Waals surface area contributed by atoms with Crippen LogP contribution in [-0.4, -0.2) is 0 Å². The molecule has 0 aliphatic heterocycles. The van der Waals surface area contributed by atoms with Crippen LogP contribution in [0.15, 0.2) is 18.2 Å². The molecule has 2 aliphatic rings. The molecule has 0 atom stereocenters. The first-order valence-corrected chi connectivity index (χ1v) is 11.4. The summed E-state index contributed by atoms with van der Waals surface area (Å²) >= 11 is 0. The van der Waals surface area contributed by atoms with Crippen LogP contribution in [0.3, 0.4) is 0 Å². The second-order valence-electron chi connectivity index (χ2n) is 11.0. The lowest BCUT2D eigenvalue weighted by Gasteiger charge is -2.48. The van der Waals surface area contributed by atoms with E-state index >= 15 is 0 Å². The summed E-state index contributed by atoms with van der Waals surface area (Å²) in [6.07, 6.45) is 11.0. The van der Waals surface area contributed by atoms with Gasteiger partial charge in [0.25, 0.3) is 0 Å². The molecular weight excluding hydrogens is 331 g/mol. The van der Waals surface area contributed by atoms with Crippen LogP contribution in [0.5, 0.6) is 0 Å². The smallest absolute Gasteiger partial charge is 0.126 e. The Morgan fingerprint density at radius 1 is 0.778 bits per heavy atom. The lowest BCUT2D eigenvalue weighted by Crippen LogP contribution is -2.39. The summed E-state index contributed by atoms with van der Waals surface area (Å²) in [5.74, 6) is 3.32. The fraction of sp³-hybridized carbons (Fsp3) is 0.769. The van der Waals surface area contributed by atoms with Crippen molar-refractivity contribution in [1.82, 2.24) is 0 Å². The lowest BCUT2D eigenvalue weighted by atomic mass is 9.57. The molecular formula is C26H41F. The van der Waals surface area contributed by atoms with Gasteiger partial charge in [-0.25, -0.2) is 4.39 Å². The highest BCUT2D eigenvalue weighted by Gasteiger charge is 2.42. The standard InChI is InChI=1S/C26H41F/c1-18-7-10-20(11-8-18)25(3,4)21-13-15-22(16-14-21)26(5,6)23-12-9-19(2)24(27)17-23/h9,12,17-18,20-22H,7-8,10-11,13-16H2,1-6H3. The van der Waals surface area contributed by atoms with Crippen molar-refractivity contribution in [3.8, 4) is 0 Å². The summed E-state index contributed by atoms with van der Waals surface area (Å²) in [5, 5.41) is 0. The molecule has 152 valence electrons. The third-order valence-electron chi connectivity index (χ3n) is 8.78. The summed E-state index contributed by atoms with van der Waals surface area (Å²) in [7, 11) is 0. The second-order valence-corrected chi connectivity index (χ2v) is 11.0. The van der Waals surface area contributed by atoms with Gasteiger partial charge in [0.15, 0.2) is 0 Å². The van der Waals surface area contributed by atoms with Gasteiger partial charge in [0.2, 0.25) is 0 Å². The molecule has 27 heavy (non-hydrogen) atoms. The van der Waals surface area contributed by atoms with Crippen LogP contribution in [0, 0.1) is 41.8 Å². The van der Waals surface area contributed by atoms with E-state index in [0.29, 0.717) is 11.3 Å². The molecule has 0 nitrogen and oxygen atoms in total. The molecule has 1 aromatic carbocycles. The van der Waals surface area contributed by atoms with Crippen LogP contribution in [0.4, 0.5) is 4.39 Å². The second kappa shape index (κ2) is 7.88. The molecule has 2 saturated carbocycles. The number of halogens is 1. The molecule has 0 saturated heterocycles. The van der Waals surface area contributed by atoms with Crippen molar-refractivity contribution in [3.05, 3.63) is 35.1 Å². The first kappa shape index (κ1) is 20.9. The highest BCUT2D eigenvalue weighted by Crippen LogP contribution is 2.52. The van der Waals surface area contributed by atoms with Gasteiger partial charge in [-0.1, -0.05) is 59.6 Å². The fourth-order valence-corrected chi connectivity index (χ4v) is 6.13. The van der Waals surface area contributed by atoms with Gasteiger partial charge in [0, 0.05) is 0 Å². The SMILES string of the molecule is Cc1ccc(C(C)(C)C2CCC(C(C)(C)C3CCC(C)CC3)CC2)cc1F. The van der Waals surface area contributed by atoms with E-state index in [9.17, 15) is 4.39 Å². The van der Waals surface area contributed by atoms with E-state index in [-0.39, 0.29) is 11.2 Å². The Balaban J connectivity index is 1.64. The van der Waals surface area contributed by atoms with Crippen LogP contribution in [-0.2, 0) is 5.41 Å². The summed E-state index contributed by atoms with van der Waals surface area (Å²) in [5.41, 5.74) is 2.46. The maximum absolute atomic E-state index is 14.1. The van der Waals surface area contributed by atoms with Crippen molar-refractivity contribution in [2.24, 2.45) is 29.1 Å². The van der Waals surface area contributed by atoms with Gasteiger partial charge in [0.05, 0.1) is 0 Å². The van der Waals surface area contributed by atoms with Crippen molar-refractivity contribution < 1.29 is 4.39 Å². The molecule has 1 heteroatoms. The molecule has 0 bridgehead atoms. The van der Waals surface area contributed by atoms with Gasteiger partial charge in [-0.05, 0) is 97.1 Å². The number of hydrogen-bond donors (Lipinski definition) is 0. The van der Waals surface area contributed by atoms with Gasteiger partial charge >= 0.3 is 0 Å². The van der Waals surface area contributed by atoms with E-state index in [2.05, 4.69) is 40.7 Å². The first-order valence-electron chi connectivity index (χ1n) is 11.4. The minimum atomic E-state index is -0.0538. The Labute approximate surface area is 167 Å². The molecule has 2 fully saturated rings. The Kier molecular flexibility index (Phi) is 6.09. The number of aryl methyl sites for hydroxylation is 1. The van der Waals surface area contributed by atoms with E-state index in [0.717, 1.165) is 23.3 Å². The van der Waals surface area contributed by atoms with Crippen molar-refractivity contribution in [2.75, 3.05) is 0 Å². The van der Waals surface area contributed by atoms with Gasteiger partial charge in [-0.15, -0.1) is 0 Å². The molecule has 0 radical (unpaired) electrons. The number of rotatable bonds is 4. The highest BCUT2D eigenvalue weighted by atomic mass is 19.1. The third-order valence-corrected chi connectivity index (χ3v) is 8.78. The fourth-order valence-electron chi connectivity index (χ4n) is 6.13. The van der Waals surface area contributed by atoms with E-state index < -0.39 is 0 Å². The topological polar surface area (TPSA) is 0 Å². The maximum Gasteiger partial charge on any atom is 0.126 e. The molecule has 0 aromatic heterocycles. The zero-order valence-electron chi connectivity index (χ0n) is 18.6. The van der Waals surface area contributed by atoms with E-state index in [1.807, 2.05) is 13.0 Å². The summed E-state index contributed by atoms with van der Waals surface area (Å²) < 4.78 is 14.1. The molecule has 0 heterocycles. The van der Waals surface area contributed by atoms with Crippen LogP contribution < -0.4 is 0 Å². The lowest BCUT2D eigenvalue weighted by molar-refractivity contribution is 0.0319. The summed E-state index contributed by atoms with van der Waals surface area (Å²) in [4.78, 5) is 0. The van der Waals surface area contributed by atoms with Gasteiger partial charge in [0.1, 0.15) is 5.82 Å². The van der Waals surface area contributed by atoms with Gasteiger partial charge < -0.3 is 0 Å². The molecule has 3 rings (SSSR count). The molecule has 0 unspecified atom stereocenters. The zero-order valence-corrected chi connectivity index (χ0v) is 18.6. The van der Waals surface area contributed by atoms with Crippen LogP contribution >= 0.6 is 0 Å². The Hall–Kier alpha value is -0.850. The number of benzene rings is 1. The van der Waals surface area contributed by atoms with Crippen molar-refractivity contribution >= 4 is 0 Å². The quantitative estimate of drug-likeness (QED) is 0.501. The van der Waals surface area contributed by atoms with Crippen molar-refractivity contribution in [3.63, 3.8) is 0 Å². The van der Waals surface area contributed by atoms with Crippen LogP contribution in [0.1, 0.15) is 97.1 Å². The average Bonchev–Trinajstić information content (AvgIpc) is 2.64.